The molecule has 2 saturated carbocycles. The second-order valence-corrected chi connectivity index (χ2v) is 9.65. The van der Waals surface area contributed by atoms with Crippen molar-refractivity contribution >= 4 is 0 Å². The molecular weight excluding hydrogens is 306 g/mol. The van der Waals surface area contributed by atoms with Crippen molar-refractivity contribution in [1.82, 2.24) is 5.32 Å². The molecule has 4 bridgehead atoms. The molecule has 2 fully saturated rings. The number of allylic oxidation sites excluding steroid dienone is 4. The molecule has 5 aliphatic carbocycles. The monoisotopic (exact) mass is 339 g/mol. The van der Waals surface area contributed by atoms with E-state index in [1.807, 2.05) is 13.8 Å². The fourth-order valence-corrected chi connectivity index (χ4v) is 5.88. The predicted octanol–water partition coefficient (Wildman–Crippen LogP) is 4.11. The van der Waals surface area contributed by atoms with Crippen LogP contribution in [0.15, 0.2) is 48.6 Å². The van der Waals surface area contributed by atoms with Gasteiger partial charge >= 0.3 is 0 Å². The van der Waals surface area contributed by atoms with E-state index >= 15 is 0 Å². The summed E-state index contributed by atoms with van der Waals surface area (Å²) in [6.07, 6.45) is 18.6. The minimum atomic E-state index is -0.619. The van der Waals surface area contributed by atoms with Gasteiger partial charge in [0.05, 0.1) is 11.1 Å². The van der Waals surface area contributed by atoms with Gasteiger partial charge in [0.15, 0.2) is 0 Å². The number of nitrogens with one attached hydrogen (secondary N) is 1. The minimum Gasteiger partial charge on any atom is -0.390 e. The van der Waals surface area contributed by atoms with E-state index in [-0.39, 0.29) is 5.54 Å². The van der Waals surface area contributed by atoms with Crippen molar-refractivity contribution in [3.05, 3.63) is 48.6 Å². The van der Waals surface area contributed by atoms with Gasteiger partial charge in [-0.2, -0.15) is 0 Å². The van der Waals surface area contributed by atoms with Gasteiger partial charge in [-0.25, -0.2) is 0 Å². The molecule has 0 amide bonds. The third-order valence-corrected chi connectivity index (χ3v) is 7.49. The first-order chi connectivity index (χ1) is 11.7. The summed E-state index contributed by atoms with van der Waals surface area (Å²) in [4.78, 5) is 0. The summed E-state index contributed by atoms with van der Waals surface area (Å²) < 4.78 is 0. The van der Waals surface area contributed by atoms with Gasteiger partial charge in [0.2, 0.25) is 0 Å². The lowest BCUT2D eigenvalue weighted by Gasteiger charge is -2.56. The highest BCUT2D eigenvalue weighted by Crippen LogP contribution is 2.54. The fraction of sp³-hybridized carbons (Fsp3) is 0.652. The summed E-state index contributed by atoms with van der Waals surface area (Å²) in [6, 6.07) is 0.516. The van der Waals surface area contributed by atoms with Crippen LogP contribution >= 0.6 is 0 Å². The normalized spacial score (nSPS) is 51.8. The molecule has 0 aromatic heterocycles. The Morgan fingerprint density at radius 1 is 0.840 bits per heavy atom. The maximum absolute atomic E-state index is 10.6. The number of aliphatic hydroxyl groups is 1. The van der Waals surface area contributed by atoms with E-state index in [1.54, 1.807) is 0 Å². The van der Waals surface area contributed by atoms with Crippen LogP contribution in [-0.4, -0.2) is 22.3 Å². The topological polar surface area (TPSA) is 32.3 Å². The SMILES string of the molecule is CC1C2C=CC=CC1C2NC1(C)C=CC2C(C)C(/C=C\1)C2C(C)(C)O. The van der Waals surface area contributed by atoms with Gasteiger partial charge in [-0.15, -0.1) is 0 Å². The lowest BCUT2D eigenvalue weighted by Crippen LogP contribution is -2.62. The zero-order valence-electron chi connectivity index (χ0n) is 16.2. The van der Waals surface area contributed by atoms with Gasteiger partial charge in [-0.3, -0.25) is 0 Å². The molecule has 0 saturated heterocycles. The molecular formula is C23H33NO. The quantitative estimate of drug-likeness (QED) is 0.759. The molecule has 0 heterocycles. The number of hydrogen-bond acceptors (Lipinski definition) is 2. The van der Waals surface area contributed by atoms with Crippen LogP contribution < -0.4 is 5.32 Å². The molecule has 136 valence electrons. The molecule has 5 aliphatic rings. The summed E-state index contributed by atoms with van der Waals surface area (Å²) in [6.45, 7) is 10.9. The van der Waals surface area contributed by atoms with Gasteiger partial charge < -0.3 is 10.4 Å². The Morgan fingerprint density at radius 2 is 1.32 bits per heavy atom. The highest BCUT2D eigenvalue weighted by molar-refractivity contribution is 5.30. The predicted molar refractivity (Wildman–Crippen MR) is 104 cm³/mol. The molecule has 2 heteroatoms. The van der Waals surface area contributed by atoms with E-state index < -0.39 is 5.60 Å². The maximum atomic E-state index is 10.6. The second kappa shape index (κ2) is 5.69. The Bertz CT molecular complexity index is 607. The zero-order chi connectivity index (χ0) is 18.0. The van der Waals surface area contributed by atoms with E-state index in [4.69, 9.17) is 0 Å². The van der Waals surface area contributed by atoms with E-state index in [0.29, 0.717) is 41.5 Å². The van der Waals surface area contributed by atoms with Crippen LogP contribution in [0.3, 0.4) is 0 Å². The molecule has 2 nitrogen and oxygen atoms in total. The smallest absolute Gasteiger partial charge is 0.0631 e. The Balaban J connectivity index is 1.54. The molecule has 0 aliphatic heterocycles. The molecule has 0 spiro atoms. The largest absolute Gasteiger partial charge is 0.390 e. The second-order valence-electron chi connectivity index (χ2n) is 9.65. The third kappa shape index (κ3) is 2.69. The van der Waals surface area contributed by atoms with Crippen LogP contribution in [0.1, 0.15) is 34.6 Å². The molecule has 0 aromatic rings. The van der Waals surface area contributed by atoms with Crippen molar-refractivity contribution in [3.63, 3.8) is 0 Å². The fourth-order valence-electron chi connectivity index (χ4n) is 5.88. The van der Waals surface area contributed by atoms with Crippen molar-refractivity contribution in [2.24, 2.45) is 41.4 Å². The lowest BCUT2D eigenvalue weighted by molar-refractivity contribution is -0.101. The van der Waals surface area contributed by atoms with Gasteiger partial charge in [0.25, 0.3) is 0 Å². The van der Waals surface area contributed by atoms with Crippen molar-refractivity contribution < 1.29 is 5.11 Å². The van der Waals surface area contributed by atoms with Crippen LogP contribution in [0.5, 0.6) is 0 Å². The average molecular weight is 340 g/mol. The van der Waals surface area contributed by atoms with Crippen molar-refractivity contribution in [3.8, 4) is 0 Å². The molecule has 0 radical (unpaired) electrons. The first-order valence-corrected chi connectivity index (χ1v) is 9.95. The van der Waals surface area contributed by atoms with Crippen molar-refractivity contribution in [2.75, 3.05) is 0 Å². The highest BCUT2D eigenvalue weighted by Gasteiger charge is 2.53. The van der Waals surface area contributed by atoms with Crippen LogP contribution in [0.25, 0.3) is 0 Å². The molecule has 7 unspecified atom stereocenters. The van der Waals surface area contributed by atoms with E-state index in [9.17, 15) is 5.11 Å². The third-order valence-electron chi connectivity index (χ3n) is 7.49. The summed E-state index contributed by atoms with van der Waals surface area (Å²) in [5.41, 5.74) is -0.722. The van der Waals surface area contributed by atoms with E-state index in [2.05, 4.69) is 74.7 Å². The Hall–Kier alpha value is -1.12. The standard InChI is InChI=1S/C23H33NO/c1-14-16-10-12-23(5,13-11-17(14)20(16)22(3,4)25)24-21-18-8-6-7-9-19(21)15(18)2/h6-21,24-25H,1-5H3/b12-10-,13-11?. The Morgan fingerprint density at radius 3 is 1.80 bits per heavy atom. The number of fused-ring (bicyclic) bond motifs is 4. The first-order valence-electron chi connectivity index (χ1n) is 9.95. The summed E-state index contributed by atoms with van der Waals surface area (Å²) >= 11 is 0. The summed E-state index contributed by atoms with van der Waals surface area (Å²) in [5, 5.41) is 14.5. The van der Waals surface area contributed by atoms with Crippen molar-refractivity contribution in [2.45, 2.75) is 51.8 Å². The van der Waals surface area contributed by atoms with Gasteiger partial charge in [0, 0.05) is 12.0 Å². The summed E-state index contributed by atoms with van der Waals surface area (Å²) in [5.74, 6) is 3.87. The molecule has 7 atom stereocenters. The highest BCUT2D eigenvalue weighted by atomic mass is 16.3. The molecule has 5 rings (SSSR count). The molecule has 0 aromatic carbocycles. The van der Waals surface area contributed by atoms with Crippen LogP contribution in [0, 0.1) is 41.4 Å². The zero-order valence-corrected chi connectivity index (χ0v) is 16.2. The van der Waals surface area contributed by atoms with Crippen LogP contribution in [0.4, 0.5) is 0 Å². The van der Waals surface area contributed by atoms with Crippen LogP contribution in [-0.2, 0) is 0 Å². The van der Waals surface area contributed by atoms with Gasteiger partial charge in [0.1, 0.15) is 0 Å². The molecule has 2 N–H and O–H groups in total. The minimum absolute atomic E-state index is 0.103. The van der Waals surface area contributed by atoms with E-state index in [1.165, 1.54) is 0 Å². The summed E-state index contributed by atoms with van der Waals surface area (Å²) in [7, 11) is 0. The van der Waals surface area contributed by atoms with Gasteiger partial charge in [-0.05, 0) is 56.3 Å². The van der Waals surface area contributed by atoms with Crippen molar-refractivity contribution in [1.29, 1.82) is 0 Å². The average Bonchev–Trinajstić information content (AvgIpc) is 2.83. The first kappa shape index (κ1) is 17.3. The number of hydrogen-bond donors (Lipinski definition) is 2. The Kier molecular flexibility index (Phi) is 3.94. The Labute approximate surface area is 152 Å². The maximum Gasteiger partial charge on any atom is 0.0631 e. The number of rotatable bonds is 3. The lowest BCUT2D eigenvalue weighted by atomic mass is 9.51. The van der Waals surface area contributed by atoms with Crippen LogP contribution in [0.2, 0.25) is 0 Å². The molecule has 25 heavy (non-hydrogen) atoms. The van der Waals surface area contributed by atoms with E-state index in [0.717, 1.165) is 5.92 Å². The van der Waals surface area contributed by atoms with Gasteiger partial charge in [-0.1, -0.05) is 62.5 Å².